The first-order chi connectivity index (χ1) is 9.03. The molecule has 0 amide bonds. The van der Waals surface area contributed by atoms with Crippen molar-refractivity contribution in [2.45, 2.75) is 11.8 Å². The second-order valence-electron chi connectivity index (χ2n) is 3.77. The molecule has 0 spiro atoms. The molecule has 8 nitrogen and oxygen atoms in total. The van der Waals surface area contributed by atoms with Gasteiger partial charge in [-0.15, -0.1) is 10.2 Å². The predicted octanol–water partition coefficient (Wildman–Crippen LogP) is 0.298. The van der Waals surface area contributed by atoms with Gasteiger partial charge in [-0.05, 0) is 6.07 Å². The highest BCUT2D eigenvalue weighted by Crippen LogP contribution is 2.19. The summed E-state index contributed by atoms with van der Waals surface area (Å²) in [5, 5.41) is 7.48. The normalized spacial score (nSPS) is 11.9. The average molecular weight is 286 g/mol. The summed E-state index contributed by atoms with van der Waals surface area (Å²) >= 11 is 0. The third kappa shape index (κ3) is 3.19. The lowest BCUT2D eigenvalue weighted by Gasteiger charge is -2.03. The van der Waals surface area contributed by atoms with Crippen LogP contribution in [0.25, 0.3) is 11.6 Å². The summed E-state index contributed by atoms with van der Waals surface area (Å²) in [4.78, 5) is 2.89. The topological polar surface area (TPSA) is 110 Å². The van der Waals surface area contributed by atoms with Crippen LogP contribution in [-0.2, 0) is 14.8 Å². The van der Waals surface area contributed by atoms with E-state index in [-0.39, 0.29) is 17.3 Å². The van der Waals surface area contributed by atoms with Crippen LogP contribution in [0.3, 0.4) is 0 Å². The van der Waals surface area contributed by atoms with E-state index in [1.54, 1.807) is 6.92 Å². The van der Waals surface area contributed by atoms with E-state index in [1.165, 1.54) is 19.4 Å². The lowest BCUT2D eigenvalue weighted by molar-refractivity contribution is 0.204. The number of nitrogens with one attached hydrogen (secondary N) is 2. The van der Waals surface area contributed by atoms with E-state index in [9.17, 15) is 8.42 Å². The van der Waals surface area contributed by atoms with Crippen LogP contribution >= 0.6 is 0 Å². The molecule has 9 heteroatoms. The Kier molecular flexibility index (Phi) is 3.98. The van der Waals surface area contributed by atoms with Crippen LogP contribution in [0.5, 0.6) is 0 Å². The standard InChI is InChI=1S/C10H14N4O4S/c1-7-13-14-10(18-7)9-5-8(6-11-9)19(15,16)12-3-4-17-2/h5-6,11-12H,3-4H2,1-2H3. The van der Waals surface area contributed by atoms with Gasteiger partial charge in [-0.3, -0.25) is 0 Å². The molecule has 2 heterocycles. The molecule has 0 saturated heterocycles. The van der Waals surface area contributed by atoms with Crippen molar-refractivity contribution in [2.24, 2.45) is 0 Å². The van der Waals surface area contributed by atoms with E-state index in [1.807, 2.05) is 0 Å². The van der Waals surface area contributed by atoms with Crippen molar-refractivity contribution >= 4 is 10.0 Å². The van der Waals surface area contributed by atoms with Gasteiger partial charge >= 0.3 is 0 Å². The predicted molar refractivity (Wildman–Crippen MR) is 65.9 cm³/mol. The highest BCUT2D eigenvalue weighted by Gasteiger charge is 2.17. The number of hydrogen-bond acceptors (Lipinski definition) is 6. The third-order valence-electron chi connectivity index (χ3n) is 2.32. The molecule has 0 bridgehead atoms. The molecule has 0 saturated carbocycles. The number of rotatable bonds is 6. The molecule has 0 aliphatic heterocycles. The summed E-state index contributed by atoms with van der Waals surface area (Å²) in [7, 11) is -2.06. The Labute approximate surface area is 110 Å². The van der Waals surface area contributed by atoms with Crippen LogP contribution in [0, 0.1) is 6.92 Å². The first-order valence-corrected chi connectivity index (χ1v) is 6.99. The first kappa shape index (κ1) is 13.7. The monoisotopic (exact) mass is 286 g/mol. The fraction of sp³-hybridized carbons (Fsp3) is 0.400. The highest BCUT2D eigenvalue weighted by molar-refractivity contribution is 7.89. The molecule has 2 N–H and O–H groups in total. The van der Waals surface area contributed by atoms with Crippen LogP contribution in [0.4, 0.5) is 0 Å². The number of sulfonamides is 1. The van der Waals surface area contributed by atoms with Crippen LogP contribution in [0.2, 0.25) is 0 Å². The summed E-state index contributed by atoms with van der Waals surface area (Å²) < 4.78 is 36.2. The second-order valence-corrected chi connectivity index (χ2v) is 5.53. The van der Waals surface area contributed by atoms with E-state index in [0.717, 1.165) is 0 Å². The number of nitrogens with zero attached hydrogens (tertiary/aromatic N) is 2. The van der Waals surface area contributed by atoms with Crippen molar-refractivity contribution in [1.82, 2.24) is 19.9 Å². The fourth-order valence-electron chi connectivity index (χ4n) is 1.42. The molecule has 19 heavy (non-hydrogen) atoms. The second kappa shape index (κ2) is 5.51. The number of H-pyrrole nitrogens is 1. The van der Waals surface area contributed by atoms with Gasteiger partial charge in [-0.2, -0.15) is 0 Å². The minimum Gasteiger partial charge on any atom is -0.420 e. The van der Waals surface area contributed by atoms with Gasteiger partial charge in [-0.1, -0.05) is 0 Å². The van der Waals surface area contributed by atoms with Crippen molar-refractivity contribution in [3.05, 3.63) is 18.2 Å². The Balaban J connectivity index is 2.16. The number of hydrogen-bond donors (Lipinski definition) is 2. The van der Waals surface area contributed by atoms with E-state index in [0.29, 0.717) is 18.2 Å². The molecule has 0 fully saturated rings. The van der Waals surface area contributed by atoms with Gasteiger partial charge in [0, 0.05) is 26.8 Å². The quantitative estimate of drug-likeness (QED) is 0.739. The van der Waals surface area contributed by atoms with Crippen molar-refractivity contribution in [3.63, 3.8) is 0 Å². The zero-order chi connectivity index (χ0) is 13.9. The van der Waals surface area contributed by atoms with E-state index >= 15 is 0 Å². The molecular weight excluding hydrogens is 272 g/mol. The Morgan fingerprint density at radius 3 is 2.89 bits per heavy atom. The summed E-state index contributed by atoms with van der Waals surface area (Å²) in [5.41, 5.74) is 0.452. The molecule has 0 aromatic carbocycles. The Bertz CT molecular complexity index is 646. The van der Waals surface area contributed by atoms with Gasteiger partial charge in [-0.25, -0.2) is 13.1 Å². The fourth-order valence-corrected chi connectivity index (χ4v) is 2.43. The average Bonchev–Trinajstić information content (AvgIpc) is 2.97. The molecule has 2 aromatic rings. The molecule has 0 aliphatic rings. The maximum absolute atomic E-state index is 11.9. The van der Waals surface area contributed by atoms with Gasteiger partial charge in [0.15, 0.2) is 0 Å². The number of aromatic nitrogens is 3. The van der Waals surface area contributed by atoms with Gasteiger partial charge in [0.25, 0.3) is 5.89 Å². The van der Waals surface area contributed by atoms with Crippen molar-refractivity contribution in [2.75, 3.05) is 20.3 Å². The van der Waals surface area contributed by atoms with Gasteiger partial charge in [0.2, 0.25) is 15.9 Å². The Hall–Kier alpha value is -1.71. The zero-order valence-corrected chi connectivity index (χ0v) is 11.3. The van der Waals surface area contributed by atoms with Crippen LogP contribution in [-0.4, -0.2) is 43.9 Å². The van der Waals surface area contributed by atoms with Gasteiger partial charge in [0.1, 0.15) is 10.6 Å². The van der Waals surface area contributed by atoms with Gasteiger partial charge in [0.05, 0.1) is 6.61 Å². The molecule has 104 valence electrons. The largest absolute Gasteiger partial charge is 0.420 e. The molecule has 0 radical (unpaired) electrons. The van der Waals surface area contributed by atoms with E-state index < -0.39 is 10.0 Å². The maximum atomic E-state index is 11.9. The molecule has 0 aliphatic carbocycles. The third-order valence-corrected chi connectivity index (χ3v) is 3.76. The zero-order valence-electron chi connectivity index (χ0n) is 10.5. The van der Waals surface area contributed by atoms with Crippen LogP contribution < -0.4 is 4.72 Å². The first-order valence-electron chi connectivity index (χ1n) is 5.50. The molecule has 2 rings (SSSR count). The molecule has 0 unspecified atom stereocenters. The SMILES string of the molecule is COCCNS(=O)(=O)c1c[nH]c(-c2nnc(C)o2)c1. The van der Waals surface area contributed by atoms with E-state index in [2.05, 4.69) is 19.9 Å². The smallest absolute Gasteiger partial charge is 0.264 e. The maximum Gasteiger partial charge on any atom is 0.264 e. The summed E-state index contributed by atoms with van der Waals surface area (Å²) in [6.45, 7) is 2.17. The van der Waals surface area contributed by atoms with Crippen molar-refractivity contribution < 1.29 is 17.6 Å². The summed E-state index contributed by atoms with van der Waals surface area (Å²) in [5.74, 6) is 0.656. The van der Waals surface area contributed by atoms with Crippen molar-refractivity contribution in [1.29, 1.82) is 0 Å². The summed E-state index contributed by atoms with van der Waals surface area (Å²) in [6.07, 6.45) is 1.37. The number of aryl methyl sites for hydroxylation is 1. The number of ether oxygens (including phenoxy) is 1. The minimum absolute atomic E-state index is 0.106. The minimum atomic E-state index is -3.56. The lowest BCUT2D eigenvalue weighted by atomic mass is 10.4. The number of methoxy groups -OCH3 is 1. The van der Waals surface area contributed by atoms with Crippen LogP contribution in [0.15, 0.2) is 21.6 Å². The highest BCUT2D eigenvalue weighted by atomic mass is 32.2. The van der Waals surface area contributed by atoms with Crippen LogP contribution in [0.1, 0.15) is 5.89 Å². The number of aromatic amines is 1. The molecule has 0 atom stereocenters. The molecular formula is C10H14N4O4S. The van der Waals surface area contributed by atoms with E-state index in [4.69, 9.17) is 9.15 Å². The lowest BCUT2D eigenvalue weighted by Crippen LogP contribution is -2.26. The Morgan fingerprint density at radius 2 is 2.26 bits per heavy atom. The molecule has 2 aromatic heterocycles. The summed E-state index contributed by atoms with van der Waals surface area (Å²) in [6, 6.07) is 1.43. The van der Waals surface area contributed by atoms with Crippen molar-refractivity contribution in [3.8, 4) is 11.6 Å². The van der Waals surface area contributed by atoms with Gasteiger partial charge < -0.3 is 14.1 Å². The Morgan fingerprint density at radius 1 is 1.47 bits per heavy atom.